The van der Waals surface area contributed by atoms with E-state index < -0.39 is 23.9 Å². The number of ether oxygens (including phenoxy) is 4. The van der Waals surface area contributed by atoms with Gasteiger partial charge in [-0.15, -0.1) is 22.7 Å². The van der Waals surface area contributed by atoms with E-state index >= 15 is 0 Å². The third-order valence-corrected chi connectivity index (χ3v) is 10.1. The molecule has 2 aromatic rings. The highest BCUT2D eigenvalue weighted by atomic mass is 33.1. The monoisotopic (exact) mass is 546 g/mol. The Morgan fingerprint density at radius 1 is 0.588 bits per heavy atom. The quantitative estimate of drug-likeness (QED) is 0.191. The summed E-state index contributed by atoms with van der Waals surface area (Å²) in [4.78, 5) is 50.7. The number of carbonyl (C=O) groups excluding carboxylic acids is 4. The Kier molecular flexibility index (Phi) is 10.9. The smallest absolute Gasteiger partial charge is 0.348 e. The summed E-state index contributed by atoms with van der Waals surface area (Å²) in [7, 11) is 2.40. The predicted molar refractivity (Wildman–Crippen MR) is 134 cm³/mol. The third kappa shape index (κ3) is 6.35. The van der Waals surface area contributed by atoms with E-state index in [0.29, 0.717) is 29.3 Å². The van der Waals surface area contributed by atoms with Gasteiger partial charge in [0.1, 0.15) is 9.75 Å². The summed E-state index contributed by atoms with van der Waals surface area (Å²) in [6.07, 6.45) is 0. The van der Waals surface area contributed by atoms with Crippen LogP contribution in [0.15, 0.2) is 8.42 Å². The molecule has 2 rings (SSSR count). The van der Waals surface area contributed by atoms with E-state index in [1.54, 1.807) is 41.5 Å². The van der Waals surface area contributed by atoms with Gasteiger partial charge in [-0.05, 0) is 74.3 Å². The Morgan fingerprint density at radius 2 is 0.882 bits per heavy atom. The molecule has 0 aromatic carbocycles. The molecule has 0 saturated carbocycles. The maximum absolute atomic E-state index is 12.6. The Hall–Kier alpha value is -2.02. The van der Waals surface area contributed by atoms with E-state index in [-0.39, 0.29) is 37.6 Å². The number of rotatable bonds is 11. The SMILES string of the molecule is CCOC(=O)c1sc(SSc2sc(C(=O)OCC)c(C)c2C(=O)OCC)c(C(=O)OCC)c1C. The molecule has 2 aromatic heterocycles. The lowest BCUT2D eigenvalue weighted by atomic mass is 10.2. The molecule has 0 aliphatic heterocycles. The van der Waals surface area contributed by atoms with E-state index in [0.717, 1.165) is 22.7 Å². The van der Waals surface area contributed by atoms with Crippen molar-refractivity contribution in [1.82, 2.24) is 0 Å². The first kappa shape index (κ1) is 28.2. The van der Waals surface area contributed by atoms with Crippen LogP contribution in [0, 0.1) is 13.8 Å². The van der Waals surface area contributed by atoms with Crippen LogP contribution >= 0.6 is 44.3 Å². The van der Waals surface area contributed by atoms with Gasteiger partial charge in [0.05, 0.1) is 46.0 Å². The highest BCUT2D eigenvalue weighted by Gasteiger charge is 2.30. The number of carbonyl (C=O) groups is 4. The van der Waals surface area contributed by atoms with Crippen molar-refractivity contribution in [2.24, 2.45) is 0 Å². The number of esters is 4. The van der Waals surface area contributed by atoms with Crippen LogP contribution in [0.25, 0.3) is 0 Å². The number of thiophene rings is 2. The molecule has 0 saturated heterocycles. The van der Waals surface area contributed by atoms with Crippen molar-refractivity contribution in [2.75, 3.05) is 26.4 Å². The van der Waals surface area contributed by atoms with Crippen molar-refractivity contribution in [2.45, 2.75) is 50.0 Å². The Balaban J connectivity index is 2.48. The first-order valence-electron chi connectivity index (χ1n) is 10.5. The molecule has 0 bridgehead atoms. The summed E-state index contributed by atoms with van der Waals surface area (Å²) in [6, 6.07) is 0. The lowest BCUT2D eigenvalue weighted by Gasteiger charge is -2.06. The van der Waals surface area contributed by atoms with Crippen LogP contribution in [0.4, 0.5) is 0 Å². The van der Waals surface area contributed by atoms with Crippen LogP contribution in [-0.2, 0) is 18.9 Å². The average molecular weight is 547 g/mol. The van der Waals surface area contributed by atoms with Crippen molar-refractivity contribution in [3.63, 3.8) is 0 Å². The molecule has 0 aliphatic carbocycles. The molecule has 0 atom stereocenters. The topological polar surface area (TPSA) is 105 Å². The Bertz CT molecular complexity index is 985. The maximum Gasteiger partial charge on any atom is 0.348 e. The summed E-state index contributed by atoms with van der Waals surface area (Å²) in [5.74, 6) is -2.13. The molecule has 0 unspecified atom stereocenters. The lowest BCUT2D eigenvalue weighted by Crippen LogP contribution is -2.08. The maximum atomic E-state index is 12.6. The van der Waals surface area contributed by atoms with Crippen LogP contribution in [0.5, 0.6) is 0 Å². The van der Waals surface area contributed by atoms with Crippen molar-refractivity contribution >= 4 is 68.1 Å². The van der Waals surface area contributed by atoms with Crippen LogP contribution < -0.4 is 0 Å². The standard InChI is InChI=1S/C22H26O8S4/c1-7-27-17(23)13-11(5)15(19(25)29-9-3)31-21(13)33-34-22-14(18(24)28-8-2)12(6)16(32-22)20(26)30-10-4/h7-10H2,1-6H3. The largest absolute Gasteiger partial charge is 0.462 e. The molecule has 0 aliphatic rings. The Morgan fingerprint density at radius 3 is 1.18 bits per heavy atom. The molecule has 34 heavy (non-hydrogen) atoms. The zero-order valence-electron chi connectivity index (χ0n) is 19.7. The van der Waals surface area contributed by atoms with Gasteiger partial charge >= 0.3 is 23.9 Å². The highest BCUT2D eigenvalue weighted by molar-refractivity contribution is 8.77. The zero-order chi connectivity index (χ0) is 25.4. The van der Waals surface area contributed by atoms with Gasteiger partial charge in [0.25, 0.3) is 0 Å². The second-order valence-corrected chi connectivity index (χ2v) is 11.2. The van der Waals surface area contributed by atoms with Crippen LogP contribution in [0.2, 0.25) is 0 Å². The molecular weight excluding hydrogens is 521 g/mol. The molecule has 0 N–H and O–H groups in total. The summed E-state index contributed by atoms with van der Waals surface area (Å²) in [6.45, 7) is 10.9. The van der Waals surface area contributed by atoms with E-state index in [1.165, 1.54) is 21.6 Å². The molecule has 0 amide bonds. The van der Waals surface area contributed by atoms with Gasteiger partial charge in [-0.2, -0.15) is 0 Å². The van der Waals surface area contributed by atoms with E-state index in [4.69, 9.17) is 18.9 Å². The van der Waals surface area contributed by atoms with Crippen LogP contribution in [0.1, 0.15) is 78.9 Å². The summed E-state index contributed by atoms with van der Waals surface area (Å²) < 4.78 is 21.7. The van der Waals surface area contributed by atoms with Crippen molar-refractivity contribution in [3.8, 4) is 0 Å². The van der Waals surface area contributed by atoms with Gasteiger partial charge < -0.3 is 18.9 Å². The molecule has 12 heteroatoms. The van der Waals surface area contributed by atoms with Gasteiger partial charge in [-0.1, -0.05) is 0 Å². The van der Waals surface area contributed by atoms with Crippen molar-refractivity contribution < 1.29 is 38.1 Å². The zero-order valence-corrected chi connectivity index (χ0v) is 23.0. The minimum Gasteiger partial charge on any atom is -0.462 e. The average Bonchev–Trinajstić information content (AvgIpc) is 3.29. The minimum atomic E-state index is -0.546. The lowest BCUT2D eigenvalue weighted by molar-refractivity contribution is 0.0507. The summed E-state index contributed by atoms with van der Waals surface area (Å²) in [5, 5.41) is 0. The molecule has 186 valence electrons. The number of hydrogen-bond donors (Lipinski definition) is 0. The third-order valence-electron chi connectivity index (χ3n) is 4.30. The van der Waals surface area contributed by atoms with E-state index in [9.17, 15) is 19.2 Å². The summed E-state index contributed by atoms with van der Waals surface area (Å²) >= 11 is 2.24. The van der Waals surface area contributed by atoms with Gasteiger partial charge in [0.2, 0.25) is 0 Å². The number of hydrogen-bond acceptors (Lipinski definition) is 12. The summed E-state index contributed by atoms with van der Waals surface area (Å²) in [5.41, 5.74) is 1.52. The first-order valence-corrected chi connectivity index (χ1v) is 14.3. The molecule has 0 spiro atoms. The molecule has 0 radical (unpaired) electrons. The van der Waals surface area contributed by atoms with Crippen LogP contribution in [-0.4, -0.2) is 50.3 Å². The second kappa shape index (κ2) is 13.2. The van der Waals surface area contributed by atoms with Crippen LogP contribution in [0.3, 0.4) is 0 Å². The van der Waals surface area contributed by atoms with Gasteiger partial charge in [0.15, 0.2) is 0 Å². The fourth-order valence-electron chi connectivity index (χ4n) is 2.83. The van der Waals surface area contributed by atoms with Gasteiger partial charge in [0, 0.05) is 0 Å². The molecule has 0 fully saturated rings. The fraction of sp³-hybridized carbons (Fsp3) is 0.455. The highest BCUT2D eigenvalue weighted by Crippen LogP contribution is 2.49. The fourth-order valence-corrected chi connectivity index (χ4v) is 8.41. The molecule has 2 heterocycles. The van der Waals surface area contributed by atoms with Crippen molar-refractivity contribution in [3.05, 3.63) is 32.0 Å². The molecular formula is C22H26O8S4. The van der Waals surface area contributed by atoms with E-state index in [1.807, 2.05) is 0 Å². The second-order valence-electron chi connectivity index (χ2n) is 6.49. The predicted octanol–water partition coefficient (Wildman–Crippen LogP) is 5.93. The van der Waals surface area contributed by atoms with Gasteiger partial charge in [-0.25, -0.2) is 19.2 Å². The van der Waals surface area contributed by atoms with Crippen molar-refractivity contribution in [1.29, 1.82) is 0 Å². The first-order chi connectivity index (χ1) is 16.2. The minimum absolute atomic E-state index is 0.181. The molecule has 8 nitrogen and oxygen atoms in total. The normalized spacial score (nSPS) is 10.6. The Labute approximate surface area is 214 Å². The van der Waals surface area contributed by atoms with Gasteiger partial charge in [-0.3, -0.25) is 0 Å². The van der Waals surface area contributed by atoms with E-state index in [2.05, 4.69) is 0 Å².